The van der Waals surface area contributed by atoms with Gasteiger partial charge in [-0.05, 0) is 54.8 Å². The van der Waals surface area contributed by atoms with Crippen LogP contribution in [0.2, 0.25) is 5.02 Å². The van der Waals surface area contributed by atoms with E-state index in [1.54, 1.807) is 28.9 Å². The predicted octanol–water partition coefficient (Wildman–Crippen LogP) is 3.55. The third kappa shape index (κ3) is 3.72. The third-order valence-corrected chi connectivity index (χ3v) is 5.84. The summed E-state index contributed by atoms with van der Waals surface area (Å²) < 4.78 is 0. The highest BCUT2D eigenvalue weighted by Gasteiger charge is 2.36. The van der Waals surface area contributed by atoms with E-state index in [2.05, 4.69) is 5.32 Å². The maximum Gasteiger partial charge on any atom is 0.229 e. The van der Waals surface area contributed by atoms with E-state index in [9.17, 15) is 14.4 Å². The number of hydrogen-bond donors (Lipinski definition) is 1. The maximum atomic E-state index is 12.7. The number of carbonyl (C=O) groups excluding carboxylic acids is 3. The Morgan fingerprint density at radius 1 is 1.17 bits per heavy atom. The van der Waals surface area contributed by atoms with Gasteiger partial charge in [0.1, 0.15) is 0 Å². The van der Waals surface area contributed by atoms with Crippen molar-refractivity contribution in [1.29, 1.82) is 0 Å². The second-order valence-electron chi connectivity index (χ2n) is 7.61. The number of anilines is 3. The average molecular weight is 412 g/mol. The molecule has 7 heteroatoms. The molecule has 0 aromatic heterocycles. The fourth-order valence-electron chi connectivity index (χ4n) is 3.97. The summed E-state index contributed by atoms with van der Waals surface area (Å²) in [6, 6.07) is 11.1. The number of halogens is 1. The second-order valence-corrected chi connectivity index (χ2v) is 8.02. The van der Waals surface area contributed by atoms with Gasteiger partial charge in [-0.25, -0.2) is 0 Å². The van der Waals surface area contributed by atoms with Crippen LogP contribution in [0.25, 0.3) is 0 Å². The molecule has 6 nitrogen and oxygen atoms in total. The van der Waals surface area contributed by atoms with Gasteiger partial charge in [0.15, 0.2) is 0 Å². The van der Waals surface area contributed by atoms with Crippen LogP contribution in [0.4, 0.5) is 17.1 Å². The van der Waals surface area contributed by atoms with Crippen LogP contribution in [0.15, 0.2) is 36.4 Å². The molecule has 0 bridgehead atoms. The van der Waals surface area contributed by atoms with Crippen molar-refractivity contribution in [2.45, 2.75) is 26.7 Å². The molecule has 2 aliphatic rings. The summed E-state index contributed by atoms with van der Waals surface area (Å²) in [7, 11) is 0. The zero-order valence-electron chi connectivity index (χ0n) is 16.4. The van der Waals surface area contributed by atoms with Crippen molar-refractivity contribution in [3.63, 3.8) is 0 Å². The molecule has 1 fully saturated rings. The molecule has 4 rings (SSSR count). The fourth-order valence-corrected chi connectivity index (χ4v) is 4.25. The molecule has 2 aromatic carbocycles. The Labute approximate surface area is 174 Å². The molecule has 2 aliphatic heterocycles. The molecule has 0 aliphatic carbocycles. The molecule has 29 heavy (non-hydrogen) atoms. The molecule has 0 saturated carbocycles. The first-order valence-electron chi connectivity index (χ1n) is 9.62. The van der Waals surface area contributed by atoms with Crippen molar-refractivity contribution in [1.82, 2.24) is 0 Å². The summed E-state index contributed by atoms with van der Waals surface area (Å²) in [6.45, 7) is 4.46. The van der Waals surface area contributed by atoms with E-state index in [-0.39, 0.29) is 24.1 Å². The zero-order chi connectivity index (χ0) is 20.7. The topological polar surface area (TPSA) is 69.7 Å². The SMILES string of the molecule is CC(=O)N1CCc2cc(N3CC(C(=O)Nc4ccc(C)cc4Cl)CC3=O)ccc21. The number of nitrogens with zero attached hydrogens (tertiary/aromatic N) is 2. The number of benzene rings is 2. The van der Waals surface area contributed by atoms with Crippen molar-refractivity contribution in [2.75, 3.05) is 28.2 Å². The van der Waals surface area contributed by atoms with E-state index in [0.29, 0.717) is 23.8 Å². The lowest BCUT2D eigenvalue weighted by Gasteiger charge is -2.19. The third-order valence-electron chi connectivity index (χ3n) is 5.53. The normalized spacial score (nSPS) is 18.2. The Balaban J connectivity index is 1.48. The van der Waals surface area contributed by atoms with Crippen LogP contribution >= 0.6 is 11.6 Å². The van der Waals surface area contributed by atoms with Gasteiger partial charge in [0.25, 0.3) is 0 Å². The molecular weight excluding hydrogens is 390 g/mol. The van der Waals surface area contributed by atoms with Crippen molar-refractivity contribution >= 4 is 46.4 Å². The minimum atomic E-state index is -0.443. The van der Waals surface area contributed by atoms with Gasteiger partial charge in [0, 0.05) is 37.8 Å². The number of carbonyl (C=O) groups is 3. The minimum absolute atomic E-state index is 0.0141. The summed E-state index contributed by atoms with van der Waals surface area (Å²) in [5.41, 5.74) is 4.27. The van der Waals surface area contributed by atoms with E-state index in [1.165, 1.54) is 0 Å². The molecule has 1 saturated heterocycles. The molecule has 1 atom stereocenters. The first kappa shape index (κ1) is 19.5. The van der Waals surface area contributed by atoms with Crippen LogP contribution in [0.3, 0.4) is 0 Å². The molecule has 0 spiro atoms. The lowest BCUT2D eigenvalue weighted by molar-refractivity contribution is -0.122. The summed E-state index contributed by atoms with van der Waals surface area (Å²) in [6.07, 6.45) is 0.923. The fraction of sp³-hybridized carbons (Fsp3) is 0.318. The van der Waals surface area contributed by atoms with E-state index in [1.807, 2.05) is 31.2 Å². The van der Waals surface area contributed by atoms with Gasteiger partial charge in [-0.1, -0.05) is 17.7 Å². The van der Waals surface area contributed by atoms with Gasteiger partial charge < -0.3 is 15.1 Å². The Kier molecular flexibility index (Phi) is 5.04. The first-order chi connectivity index (χ1) is 13.8. The van der Waals surface area contributed by atoms with Crippen LogP contribution in [0, 0.1) is 12.8 Å². The van der Waals surface area contributed by atoms with E-state index < -0.39 is 5.92 Å². The smallest absolute Gasteiger partial charge is 0.229 e. The van der Waals surface area contributed by atoms with Crippen molar-refractivity contribution < 1.29 is 14.4 Å². The number of rotatable bonds is 3. The van der Waals surface area contributed by atoms with Crippen molar-refractivity contribution in [3.05, 3.63) is 52.5 Å². The Morgan fingerprint density at radius 2 is 1.97 bits per heavy atom. The van der Waals surface area contributed by atoms with E-state index >= 15 is 0 Å². The number of fused-ring (bicyclic) bond motifs is 1. The van der Waals surface area contributed by atoms with Crippen LogP contribution in [0.1, 0.15) is 24.5 Å². The summed E-state index contributed by atoms with van der Waals surface area (Å²) in [5, 5.41) is 3.32. The Hall–Kier alpha value is -2.86. The van der Waals surface area contributed by atoms with Gasteiger partial charge in [-0.2, -0.15) is 0 Å². The van der Waals surface area contributed by atoms with Gasteiger partial charge in [0.05, 0.1) is 16.6 Å². The molecule has 2 heterocycles. The van der Waals surface area contributed by atoms with Crippen molar-refractivity contribution in [3.8, 4) is 0 Å². The van der Waals surface area contributed by atoms with Gasteiger partial charge in [0.2, 0.25) is 17.7 Å². The van der Waals surface area contributed by atoms with E-state index in [4.69, 9.17) is 11.6 Å². The Morgan fingerprint density at radius 3 is 2.69 bits per heavy atom. The number of nitrogens with one attached hydrogen (secondary N) is 1. The lowest BCUT2D eigenvalue weighted by Crippen LogP contribution is -2.28. The van der Waals surface area contributed by atoms with Crippen LogP contribution in [0.5, 0.6) is 0 Å². The summed E-state index contributed by atoms with van der Waals surface area (Å²) in [4.78, 5) is 40.4. The Bertz CT molecular complexity index is 1020. The predicted molar refractivity (Wildman–Crippen MR) is 113 cm³/mol. The highest BCUT2D eigenvalue weighted by Crippen LogP contribution is 2.34. The molecule has 0 radical (unpaired) electrons. The van der Waals surface area contributed by atoms with Gasteiger partial charge in [-0.15, -0.1) is 0 Å². The van der Waals surface area contributed by atoms with Gasteiger partial charge in [-0.3, -0.25) is 14.4 Å². The number of aryl methyl sites for hydroxylation is 1. The maximum absolute atomic E-state index is 12.7. The van der Waals surface area contributed by atoms with Crippen molar-refractivity contribution in [2.24, 2.45) is 5.92 Å². The highest BCUT2D eigenvalue weighted by molar-refractivity contribution is 6.33. The highest BCUT2D eigenvalue weighted by atomic mass is 35.5. The zero-order valence-corrected chi connectivity index (χ0v) is 17.1. The number of hydrogen-bond acceptors (Lipinski definition) is 3. The molecule has 150 valence electrons. The quantitative estimate of drug-likeness (QED) is 0.839. The molecule has 2 aromatic rings. The largest absolute Gasteiger partial charge is 0.324 e. The van der Waals surface area contributed by atoms with Crippen LogP contribution in [-0.4, -0.2) is 30.8 Å². The molecule has 1 unspecified atom stereocenters. The average Bonchev–Trinajstić information content (AvgIpc) is 3.27. The summed E-state index contributed by atoms with van der Waals surface area (Å²) in [5.74, 6) is -0.723. The molecular formula is C22H22ClN3O3. The minimum Gasteiger partial charge on any atom is -0.324 e. The first-order valence-corrected chi connectivity index (χ1v) is 9.99. The van der Waals surface area contributed by atoms with E-state index in [0.717, 1.165) is 28.9 Å². The second kappa shape index (κ2) is 7.52. The number of amides is 3. The van der Waals surface area contributed by atoms with Gasteiger partial charge >= 0.3 is 0 Å². The molecule has 1 N–H and O–H groups in total. The van der Waals surface area contributed by atoms with Crippen LogP contribution in [-0.2, 0) is 20.8 Å². The standard InChI is InChI=1S/C22H22ClN3O3/c1-13-3-5-19(18(23)9-13)24-22(29)16-11-21(28)26(12-16)17-4-6-20-15(10-17)7-8-25(20)14(2)27/h3-6,9-10,16H,7-8,11-12H2,1-2H3,(H,24,29). The molecule has 3 amide bonds. The van der Waals surface area contributed by atoms with Crippen LogP contribution < -0.4 is 15.1 Å². The monoisotopic (exact) mass is 411 g/mol. The lowest BCUT2D eigenvalue weighted by atomic mass is 10.1. The summed E-state index contributed by atoms with van der Waals surface area (Å²) >= 11 is 6.20.